The first-order valence-corrected chi connectivity index (χ1v) is 13.1. The predicted octanol–water partition coefficient (Wildman–Crippen LogP) is 7.11. The lowest BCUT2D eigenvalue weighted by Gasteiger charge is -2.26. The molecule has 37 heavy (non-hydrogen) atoms. The van der Waals surface area contributed by atoms with Crippen molar-refractivity contribution >= 4 is 38.5 Å². The third-order valence-electron chi connectivity index (χ3n) is 6.85. The van der Waals surface area contributed by atoms with E-state index >= 15 is 0 Å². The Morgan fingerprint density at radius 3 is 2.41 bits per heavy atom. The Hall–Kier alpha value is -3.58. The first-order chi connectivity index (χ1) is 17.8. The summed E-state index contributed by atoms with van der Waals surface area (Å²) in [6.45, 7) is 6.60. The van der Waals surface area contributed by atoms with Crippen LogP contribution in [-0.2, 0) is 0 Å². The number of carbonyl (C=O) groups excluding carboxylic acids is 1. The molecule has 3 aromatic carbocycles. The SMILES string of the molecule is CCCCOc1ccc(C2c3c(oc4cc(C)c(C)cc4c3=O)C(=O)N2c2ccc(Br)cc2)cc1OC. The van der Waals surface area contributed by atoms with Crippen molar-refractivity contribution in [3.63, 3.8) is 0 Å². The molecule has 0 N–H and O–H groups in total. The van der Waals surface area contributed by atoms with Crippen molar-refractivity contribution in [2.45, 2.75) is 39.7 Å². The van der Waals surface area contributed by atoms with Gasteiger partial charge in [-0.25, -0.2) is 0 Å². The van der Waals surface area contributed by atoms with Gasteiger partial charge in [0.2, 0.25) is 5.76 Å². The van der Waals surface area contributed by atoms with Crippen molar-refractivity contribution in [2.24, 2.45) is 0 Å². The second kappa shape index (κ2) is 10.1. The van der Waals surface area contributed by atoms with Crippen LogP contribution in [0, 0.1) is 13.8 Å². The van der Waals surface area contributed by atoms with E-state index in [0.29, 0.717) is 40.3 Å². The van der Waals surface area contributed by atoms with E-state index in [1.54, 1.807) is 12.0 Å². The Labute approximate surface area is 223 Å². The maximum Gasteiger partial charge on any atom is 0.295 e. The highest BCUT2D eigenvalue weighted by Gasteiger charge is 2.44. The van der Waals surface area contributed by atoms with Gasteiger partial charge in [0.05, 0.1) is 30.7 Å². The Morgan fingerprint density at radius 2 is 1.70 bits per heavy atom. The summed E-state index contributed by atoms with van der Waals surface area (Å²) < 4.78 is 18.6. The van der Waals surface area contributed by atoms with Crippen molar-refractivity contribution in [1.82, 2.24) is 0 Å². The molecule has 1 amide bonds. The third-order valence-corrected chi connectivity index (χ3v) is 7.38. The molecule has 0 aliphatic carbocycles. The molecule has 1 aliphatic heterocycles. The summed E-state index contributed by atoms with van der Waals surface area (Å²) in [7, 11) is 1.58. The summed E-state index contributed by atoms with van der Waals surface area (Å²) in [4.78, 5) is 29.4. The number of carbonyl (C=O) groups is 1. The van der Waals surface area contributed by atoms with Crippen LogP contribution in [0.4, 0.5) is 5.69 Å². The number of amides is 1. The molecule has 6 nitrogen and oxygen atoms in total. The molecule has 0 saturated carbocycles. The molecule has 1 aromatic heterocycles. The Morgan fingerprint density at radius 1 is 0.973 bits per heavy atom. The van der Waals surface area contributed by atoms with Gasteiger partial charge in [0, 0.05) is 10.2 Å². The zero-order valence-corrected chi connectivity index (χ0v) is 22.8. The molecular weight excluding hydrogens is 534 g/mol. The minimum atomic E-state index is -0.690. The fourth-order valence-corrected chi connectivity index (χ4v) is 4.98. The number of ether oxygens (including phenoxy) is 2. The van der Waals surface area contributed by atoms with E-state index < -0.39 is 6.04 Å². The number of methoxy groups -OCH3 is 1. The van der Waals surface area contributed by atoms with E-state index in [-0.39, 0.29) is 17.1 Å². The number of hydrogen-bond acceptors (Lipinski definition) is 5. The maximum atomic E-state index is 13.9. The third kappa shape index (κ3) is 4.42. The Balaban J connectivity index is 1.72. The molecule has 4 aromatic rings. The molecule has 0 spiro atoms. The van der Waals surface area contributed by atoms with Crippen LogP contribution in [0.15, 0.2) is 68.3 Å². The fraction of sp³-hybridized carbons (Fsp3) is 0.267. The van der Waals surface area contributed by atoms with E-state index in [0.717, 1.165) is 34.0 Å². The van der Waals surface area contributed by atoms with Crippen LogP contribution in [0.2, 0.25) is 0 Å². The second-order valence-corrected chi connectivity index (χ2v) is 10.2. The molecule has 7 heteroatoms. The highest BCUT2D eigenvalue weighted by Crippen LogP contribution is 2.43. The molecule has 0 fully saturated rings. The van der Waals surface area contributed by atoms with Gasteiger partial charge in [-0.3, -0.25) is 14.5 Å². The zero-order valence-electron chi connectivity index (χ0n) is 21.3. The molecule has 1 unspecified atom stereocenters. The minimum absolute atomic E-state index is 0.0657. The van der Waals surface area contributed by atoms with Gasteiger partial charge in [-0.05, 0) is 85.5 Å². The van der Waals surface area contributed by atoms with Crippen LogP contribution in [0.3, 0.4) is 0 Å². The van der Waals surface area contributed by atoms with E-state index in [2.05, 4.69) is 22.9 Å². The summed E-state index contributed by atoms with van der Waals surface area (Å²) >= 11 is 3.46. The molecule has 0 saturated heterocycles. The fourth-order valence-electron chi connectivity index (χ4n) is 4.71. The molecule has 5 rings (SSSR count). The highest BCUT2D eigenvalue weighted by atomic mass is 79.9. The number of fused-ring (bicyclic) bond motifs is 2. The van der Waals surface area contributed by atoms with Gasteiger partial charge in [0.25, 0.3) is 5.91 Å². The molecule has 0 bridgehead atoms. The van der Waals surface area contributed by atoms with Crippen LogP contribution in [0.1, 0.15) is 58.6 Å². The summed E-state index contributed by atoms with van der Waals surface area (Å²) in [5, 5.41) is 0.462. The van der Waals surface area contributed by atoms with E-state index in [1.165, 1.54) is 0 Å². The first-order valence-electron chi connectivity index (χ1n) is 12.3. The predicted molar refractivity (Wildman–Crippen MR) is 148 cm³/mol. The van der Waals surface area contributed by atoms with E-state index in [1.807, 2.05) is 68.4 Å². The van der Waals surface area contributed by atoms with Crippen molar-refractivity contribution in [3.05, 3.63) is 97.3 Å². The van der Waals surface area contributed by atoms with Crippen molar-refractivity contribution in [1.29, 1.82) is 0 Å². The maximum absolute atomic E-state index is 13.9. The molecule has 1 aliphatic rings. The number of unbranched alkanes of at least 4 members (excludes halogenated alkanes) is 1. The molecule has 1 atom stereocenters. The standard InChI is InChI=1S/C30H28BrNO5/c1-5-6-13-36-23-12-7-19(16-25(23)35-4)27-26-28(33)22-14-17(2)18(3)15-24(22)37-29(26)30(34)32(27)21-10-8-20(31)9-11-21/h7-12,14-16,27H,5-6,13H2,1-4H3. The first kappa shape index (κ1) is 25.1. The monoisotopic (exact) mass is 561 g/mol. The average Bonchev–Trinajstić information content (AvgIpc) is 3.18. The van der Waals surface area contributed by atoms with Crippen LogP contribution in [0.5, 0.6) is 11.5 Å². The lowest BCUT2D eigenvalue weighted by Crippen LogP contribution is -2.29. The number of halogens is 1. The quantitative estimate of drug-likeness (QED) is 0.225. The van der Waals surface area contributed by atoms with Gasteiger partial charge < -0.3 is 13.9 Å². The van der Waals surface area contributed by atoms with Gasteiger partial charge in [0.15, 0.2) is 16.9 Å². The number of rotatable bonds is 7. The van der Waals surface area contributed by atoms with Gasteiger partial charge in [-0.1, -0.05) is 35.3 Å². The number of benzene rings is 3. The van der Waals surface area contributed by atoms with Crippen molar-refractivity contribution in [2.75, 3.05) is 18.6 Å². The lowest BCUT2D eigenvalue weighted by molar-refractivity contribution is 0.0971. The van der Waals surface area contributed by atoms with Crippen LogP contribution in [0.25, 0.3) is 11.0 Å². The number of anilines is 1. The van der Waals surface area contributed by atoms with Gasteiger partial charge in [-0.2, -0.15) is 0 Å². The van der Waals surface area contributed by atoms with Gasteiger partial charge >= 0.3 is 0 Å². The highest BCUT2D eigenvalue weighted by molar-refractivity contribution is 9.10. The summed E-state index contributed by atoms with van der Waals surface area (Å²) in [6, 6.07) is 16.0. The average molecular weight is 562 g/mol. The van der Waals surface area contributed by atoms with Crippen molar-refractivity contribution in [3.8, 4) is 11.5 Å². The van der Waals surface area contributed by atoms with Crippen molar-refractivity contribution < 1.29 is 18.7 Å². The zero-order chi connectivity index (χ0) is 26.3. The molecule has 2 heterocycles. The minimum Gasteiger partial charge on any atom is -0.493 e. The number of nitrogens with zero attached hydrogens (tertiary/aromatic N) is 1. The van der Waals surface area contributed by atoms with E-state index in [4.69, 9.17) is 13.9 Å². The number of aryl methyl sites for hydroxylation is 2. The second-order valence-electron chi connectivity index (χ2n) is 9.27. The van der Waals surface area contributed by atoms with Gasteiger partial charge in [-0.15, -0.1) is 0 Å². The normalized spacial score (nSPS) is 14.8. The smallest absolute Gasteiger partial charge is 0.295 e. The largest absolute Gasteiger partial charge is 0.493 e. The molecule has 0 radical (unpaired) electrons. The summed E-state index contributed by atoms with van der Waals surface area (Å²) in [5.41, 5.74) is 3.89. The Kier molecular flexibility index (Phi) is 6.82. The lowest BCUT2D eigenvalue weighted by atomic mass is 9.97. The molecular formula is C30H28BrNO5. The van der Waals surface area contributed by atoms with E-state index in [9.17, 15) is 9.59 Å². The Bertz CT molecular complexity index is 1560. The van der Waals surface area contributed by atoms with Gasteiger partial charge in [0.1, 0.15) is 5.58 Å². The molecule has 190 valence electrons. The number of hydrogen-bond donors (Lipinski definition) is 0. The van der Waals surface area contributed by atoms with Crippen LogP contribution in [-0.4, -0.2) is 19.6 Å². The van der Waals surface area contributed by atoms with Crippen LogP contribution < -0.4 is 19.8 Å². The summed E-state index contributed by atoms with van der Waals surface area (Å²) in [6.07, 6.45) is 1.95. The van der Waals surface area contributed by atoms with Crippen LogP contribution >= 0.6 is 15.9 Å². The summed E-state index contributed by atoms with van der Waals surface area (Å²) in [5.74, 6) is 0.871. The topological polar surface area (TPSA) is 69.0 Å².